The van der Waals surface area contributed by atoms with E-state index < -0.39 is 9.16 Å². The van der Waals surface area contributed by atoms with Crippen LogP contribution in [0.1, 0.15) is 71.6 Å². The Morgan fingerprint density at radius 1 is 0.920 bits per heavy atom. The second-order valence-corrected chi connectivity index (χ2v) is 11.8. The molecular weight excluding hydrogens is 458 g/mol. The number of ether oxygens (including phenoxy) is 2. The third-order valence-corrected chi connectivity index (χ3v) is 8.97. The molecule has 0 aromatic rings. The minimum absolute atomic E-state index is 0.115. The van der Waals surface area contributed by atoms with Crippen molar-refractivity contribution in [3.63, 3.8) is 0 Å². The van der Waals surface area contributed by atoms with Crippen LogP contribution in [0.25, 0.3) is 0 Å². The van der Waals surface area contributed by atoms with Gasteiger partial charge in [0.2, 0.25) is 0 Å². The van der Waals surface area contributed by atoms with Crippen LogP contribution in [0.5, 0.6) is 0 Å². The topological polar surface area (TPSA) is 18.5 Å². The fourth-order valence-corrected chi connectivity index (χ4v) is 5.36. The SMILES string of the molecule is CC1(C)COC2(CCC(CC3CCC(Br)(C(F)(F)Br)CC3)CC2)OC1. The van der Waals surface area contributed by atoms with Gasteiger partial charge in [0.25, 0.3) is 0 Å². The summed E-state index contributed by atoms with van der Waals surface area (Å²) in [6.45, 7) is 5.90. The quantitative estimate of drug-likeness (QED) is 0.415. The highest BCUT2D eigenvalue weighted by molar-refractivity contribution is 9.12. The zero-order valence-corrected chi connectivity index (χ0v) is 18.4. The van der Waals surface area contributed by atoms with Gasteiger partial charge < -0.3 is 9.47 Å². The number of rotatable bonds is 3. The van der Waals surface area contributed by atoms with Crippen molar-refractivity contribution in [3.8, 4) is 0 Å². The van der Waals surface area contributed by atoms with E-state index in [-0.39, 0.29) is 11.2 Å². The molecule has 0 unspecified atom stereocenters. The Kier molecular flexibility index (Phi) is 5.97. The Balaban J connectivity index is 1.43. The van der Waals surface area contributed by atoms with E-state index in [1.165, 1.54) is 6.42 Å². The van der Waals surface area contributed by atoms with Crippen molar-refractivity contribution in [2.75, 3.05) is 13.2 Å². The molecule has 2 nitrogen and oxygen atoms in total. The predicted octanol–water partition coefficient (Wildman–Crippen LogP) is 6.65. The minimum atomic E-state index is -2.83. The van der Waals surface area contributed by atoms with Crippen LogP contribution in [-0.4, -0.2) is 28.2 Å². The standard InChI is InChI=1S/C19H30Br2F2O2/c1-16(2)12-24-18(25-13-16)9-5-15(6-10-18)11-14-3-7-17(20,8-4-14)19(21,22)23/h14-15H,3-13H2,1-2H3. The molecule has 2 saturated carbocycles. The van der Waals surface area contributed by atoms with Crippen LogP contribution in [0.15, 0.2) is 0 Å². The highest BCUT2D eigenvalue weighted by atomic mass is 79.9. The highest BCUT2D eigenvalue weighted by Crippen LogP contribution is 2.53. The molecule has 3 fully saturated rings. The lowest BCUT2D eigenvalue weighted by Gasteiger charge is -2.47. The lowest BCUT2D eigenvalue weighted by molar-refractivity contribution is -0.312. The molecule has 25 heavy (non-hydrogen) atoms. The van der Waals surface area contributed by atoms with Crippen LogP contribution in [0.2, 0.25) is 0 Å². The number of halogens is 4. The fraction of sp³-hybridized carbons (Fsp3) is 1.00. The average molecular weight is 488 g/mol. The molecule has 0 bridgehead atoms. The van der Waals surface area contributed by atoms with Gasteiger partial charge in [0, 0.05) is 18.3 Å². The minimum Gasteiger partial charge on any atom is -0.349 e. The number of hydrogen-bond donors (Lipinski definition) is 0. The van der Waals surface area contributed by atoms with Crippen molar-refractivity contribution in [3.05, 3.63) is 0 Å². The maximum atomic E-state index is 13.7. The zero-order valence-electron chi connectivity index (χ0n) is 15.3. The molecule has 1 saturated heterocycles. The number of alkyl halides is 4. The second kappa shape index (κ2) is 7.29. The normalized spacial score (nSPS) is 36.5. The average Bonchev–Trinajstić information content (AvgIpc) is 2.54. The summed E-state index contributed by atoms with van der Waals surface area (Å²) in [6.07, 6.45) is 8.21. The van der Waals surface area contributed by atoms with Crippen LogP contribution in [0, 0.1) is 17.3 Å². The van der Waals surface area contributed by atoms with Gasteiger partial charge in [-0.05, 0) is 72.7 Å². The summed E-state index contributed by atoms with van der Waals surface area (Å²) in [5, 5.41) is 0. The Morgan fingerprint density at radius 2 is 1.36 bits per heavy atom. The first-order valence-corrected chi connectivity index (χ1v) is 11.1. The second-order valence-electron chi connectivity index (χ2n) is 9.24. The Labute approximate surface area is 167 Å². The van der Waals surface area contributed by atoms with E-state index in [9.17, 15) is 8.78 Å². The van der Waals surface area contributed by atoms with E-state index in [4.69, 9.17) is 9.47 Å². The summed E-state index contributed by atoms with van der Waals surface area (Å²) in [4.78, 5) is -2.83. The van der Waals surface area contributed by atoms with Crippen molar-refractivity contribution < 1.29 is 18.3 Å². The van der Waals surface area contributed by atoms with Gasteiger partial charge in [-0.25, -0.2) is 0 Å². The molecule has 3 rings (SSSR count). The molecule has 0 atom stereocenters. The molecule has 146 valence electrons. The summed E-state index contributed by atoms with van der Waals surface area (Å²) in [5.41, 5.74) is 0.115. The molecule has 3 aliphatic rings. The van der Waals surface area contributed by atoms with E-state index in [1.54, 1.807) is 0 Å². The Bertz CT molecular complexity index is 451. The van der Waals surface area contributed by atoms with E-state index in [2.05, 4.69) is 45.7 Å². The first kappa shape index (κ1) is 20.5. The van der Waals surface area contributed by atoms with Crippen LogP contribution in [-0.2, 0) is 9.47 Å². The molecule has 0 amide bonds. The Hall–Kier alpha value is 0.740. The van der Waals surface area contributed by atoms with Gasteiger partial charge in [0.1, 0.15) is 0 Å². The smallest absolute Gasteiger partial charge is 0.316 e. The van der Waals surface area contributed by atoms with Crippen molar-refractivity contribution in [1.29, 1.82) is 0 Å². The summed E-state index contributed by atoms with van der Waals surface area (Å²) >= 11 is 5.85. The van der Waals surface area contributed by atoms with Crippen molar-refractivity contribution >= 4 is 31.9 Å². The summed E-state index contributed by atoms with van der Waals surface area (Å²) < 4.78 is 38.5. The molecule has 2 aliphatic carbocycles. The van der Waals surface area contributed by atoms with E-state index >= 15 is 0 Å². The van der Waals surface area contributed by atoms with Gasteiger partial charge in [-0.1, -0.05) is 29.8 Å². The van der Waals surface area contributed by atoms with Gasteiger partial charge in [0.05, 0.1) is 17.5 Å². The molecule has 0 N–H and O–H groups in total. The van der Waals surface area contributed by atoms with E-state index in [0.29, 0.717) is 24.7 Å². The molecule has 0 aromatic carbocycles. The van der Waals surface area contributed by atoms with Crippen molar-refractivity contribution in [1.82, 2.24) is 0 Å². The largest absolute Gasteiger partial charge is 0.349 e. The van der Waals surface area contributed by atoms with E-state index in [0.717, 1.165) is 51.7 Å². The van der Waals surface area contributed by atoms with Crippen molar-refractivity contribution in [2.24, 2.45) is 17.3 Å². The molecular formula is C19H30Br2F2O2. The third-order valence-electron chi connectivity index (χ3n) is 6.39. The van der Waals surface area contributed by atoms with Gasteiger partial charge in [-0.2, -0.15) is 8.78 Å². The predicted molar refractivity (Wildman–Crippen MR) is 102 cm³/mol. The van der Waals surface area contributed by atoms with Crippen LogP contribution in [0.4, 0.5) is 8.78 Å². The lowest BCUT2D eigenvalue weighted by atomic mass is 9.74. The lowest BCUT2D eigenvalue weighted by Crippen LogP contribution is -2.49. The highest BCUT2D eigenvalue weighted by Gasteiger charge is 2.51. The van der Waals surface area contributed by atoms with Gasteiger partial charge in [0.15, 0.2) is 5.79 Å². The van der Waals surface area contributed by atoms with Crippen LogP contribution < -0.4 is 0 Å². The van der Waals surface area contributed by atoms with Gasteiger partial charge in [-0.15, -0.1) is 0 Å². The third kappa shape index (κ3) is 4.78. The molecule has 6 heteroatoms. The summed E-state index contributed by atoms with van der Waals surface area (Å²) in [7, 11) is 0. The first-order chi connectivity index (χ1) is 11.5. The number of hydrogen-bond acceptors (Lipinski definition) is 2. The zero-order chi connectivity index (χ0) is 18.3. The molecule has 0 aromatic heterocycles. The maximum absolute atomic E-state index is 13.7. The molecule has 1 heterocycles. The molecule has 0 radical (unpaired) electrons. The monoisotopic (exact) mass is 486 g/mol. The van der Waals surface area contributed by atoms with Gasteiger partial charge >= 0.3 is 4.83 Å². The van der Waals surface area contributed by atoms with Crippen molar-refractivity contribution in [2.45, 2.75) is 86.6 Å². The molecule has 1 aliphatic heterocycles. The van der Waals surface area contributed by atoms with Crippen LogP contribution >= 0.6 is 31.9 Å². The maximum Gasteiger partial charge on any atom is 0.316 e. The molecule has 1 spiro atoms. The van der Waals surface area contributed by atoms with Gasteiger partial charge in [-0.3, -0.25) is 0 Å². The Morgan fingerprint density at radius 3 is 1.80 bits per heavy atom. The summed E-state index contributed by atoms with van der Waals surface area (Å²) in [5.74, 6) is 0.915. The van der Waals surface area contributed by atoms with E-state index in [1.807, 2.05) is 0 Å². The van der Waals surface area contributed by atoms with Crippen LogP contribution in [0.3, 0.4) is 0 Å². The summed E-state index contributed by atoms with van der Waals surface area (Å²) in [6, 6.07) is 0. The fourth-order valence-electron chi connectivity index (χ4n) is 4.50. The first-order valence-electron chi connectivity index (χ1n) is 9.56.